The molecule has 17 heavy (non-hydrogen) atoms. The lowest BCUT2D eigenvalue weighted by Crippen LogP contribution is -2.24. The number of sulfone groups is 1. The van der Waals surface area contributed by atoms with Crippen LogP contribution in [0.3, 0.4) is 0 Å². The number of hydrogen-bond donors (Lipinski definition) is 1. The maximum atomic E-state index is 12.8. The van der Waals surface area contributed by atoms with Crippen LogP contribution in [0.5, 0.6) is 0 Å². The molecule has 1 N–H and O–H groups in total. The van der Waals surface area contributed by atoms with Crippen molar-refractivity contribution in [2.45, 2.75) is 10.4 Å². The summed E-state index contributed by atoms with van der Waals surface area (Å²) in [5, 5.41) is 1.76. The quantitative estimate of drug-likeness (QED) is 0.672. The summed E-state index contributed by atoms with van der Waals surface area (Å²) < 4.78 is 71.6. The molecule has 0 bridgehead atoms. The Labute approximate surface area is 93.2 Å². The molecule has 1 amide bonds. The standard InChI is InChI=1S/C8H5F4NO3S/c9-5-1-2-6(13-4-14)7(3-5)17(15,16)8(10,11)12/h1-4H,(H,13,14). The van der Waals surface area contributed by atoms with Crippen LogP contribution in [0.2, 0.25) is 0 Å². The highest BCUT2D eigenvalue weighted by Gasteiger charge is 2.48. The molecule has 0 saturated carbocycles. The molecular formula is C8H5F4NO3S. The molecule has 0 heterocycles. The molecule has 0 radical (unpaired) electrons. The minimum atomic E-state index is -5.71. The first-order valence-corrected chi connectivity index (χ1v) is 5.49. The van der Waals surface area contributed by atoms with Gasteiger partial charge in [0.25, 0.3) is 9.84 Å². The van der Waals surface area contributed by atoms with Gasteiger partial charge in [-0.25, -0.2) is 12.8 Å². The number of benzene rings is 1. The van der Waals surface area contributed by atoms with Crippen LogP contribution >= 0.6 is 0 Å². The Morgan fingerprint density at radius 3 is 2.29 bits per heavy atom. The van der Waals surface area contributed by atoms with Gasteiger partial charge in [-0.3, -0.25) is 4.79 Å². The van der Waals surface area contributed by atoms with E-state index in [0.717, 1.165) is 12.1 Å². The molecule has 0 atom stereocenters. The second-order valence-electron chi connectivity index (χ2n) is 2.85. The van der Waals surface area contributed by atoms with Crippen LogP contribution in [0, 0.1) is 5.82 Å². The number of halogens is 4. The zero-order chi connectivity index (χ0) is 13.3. The molecule has 0 fully saturated rings. The van der Waals surface area contributed by atoms with E-state index in [1.54, 1.807) is 5.32 Å². The predicted octanol–water partition coefficient (Wildman–Crippen LogP) is 1.69. The molecule has 1 aromatic rings. The monoisotopic (exact) mass is 271 g/mol. The maximum Gasteiger partial charge on any atom is 0.501 e. The summed E-state index contributed by atoms with van der Waals surface area (Å²) in [4.78, 5) is 8.77. The van der Waals surface area contributed by atoms with Crippen molar-refractivity contribution >= 4 is 21.9 Å². The van der Waals surface area contributed by atoms with Crippen LogP contribution in [0.25, 0.3) is 0 Å². The van der Waals surface area contributed by atoms with Gasteiger partial charge in [0.05, 0.1) is 5.69 Å². The number of alkyl halides is 3. The molecule has 0 saturated heterocycles. The lowest BCUT2D eigenvalue weighted by Gasteiger charge is -2.11. The van der Waals surface area contributed by atoms with E-state index in [1.807, 2.05) is 0 Å². The third kappa shape index (κ3) is 2.54. The molecule has 0 aliphatic heterocycles. The smallest absolute Gasteiger partial charge is 0.328 e. The van der Waals surface area contributed by atoms with Crippen LogP contribution < -0.4 is 5.32 Å². The lowest BCUT2D eigenvalue weighted by atomic mass is 10.3. The third-order valence-electron chi connectivity index (χ3n) is 1.75. The van der Waals surface area contributed by atoms with Crippen molar-refractivity contribution in [3.05, 3.63) is 24.0 Å². The Morgan fingerprint density at radius 1 is 1.24 bits per heavy atom. The fraction of sp³-hybridized carbons (Fsp3) is 0.125. The van der Waals surface area contributed by atoms with Crippen molar-refractivity contribution in [2.75, 3.05) is 5.32 Å². The topological polar surface area (TPSA) is 63.2 Å². The van der Waals surface area contributed by atoms with Crippen molar-refractivity contribution in [3.8, 4) is 0 Å². The Balaban J connectivity index is 3.49. The van der Waals surface area contributed by atoms with Gasteiger partial charge in [-0.1, -0.05) is 0 Å². The molecule has 1 rings (SSSR count). The first-order chi connectivity index (χ1) is 7.70. The highest BCUT2D eigenvalue weighted by atomic mass is 32.2. The molecule has 1 aromatic carbocycles. The van der Waals surface area contributed by atoms with E-state index in [1.165, 1.54) is 0 Å². The van der Waals surface area contributed by atoms with Crippen molar-refractivity contribution in [2.24, 2.45) is 0 Å². The van der Waals surface area contributed by atoms with E-state index in [2.05, 4.69) is 0 Å². The van der Waals surface area contributed by atoms with Gasteiger partial charge in [0.15, 0.2) is 0 Å². The average Bonchev–Trinajstić information content (AvgIpc) is 2.19. The molecule has 0 aliphatic carbocycles. The Morgan fingerprint density at radius 2 is 1.82 bits per heavy atom. The summed E-state index contributed by atoms with van der Waals surface area (Å²) in [6, 6.07) is 1.64. The summed E-state index contributed by atoms with van der Waals surface area (Å²) in [6.45, 7) is 0. The molecule has 0 spiro atoms. The summed E-state index contributed by atoms with van der Waals surface area (Å²) in [5.74, 6) is -1.16. The molecule has 94 valence electrons. The van der Waals surface area contributed by atoms with Crippen LogP contribution in [0.1, 0.15) is 0 Å². The van der Waals surface area contributed by atoms with Crippen molar-refractivity contribution in [1.29, 1.82) is 0 Å². The zero-order valence-corrected chi connectivity index (χ0v) is 8.77. The van der Waals surface area contributed by atoms with Gasteiger partial charge in [-0.05, 0) is 18.2 Å². The predicted molar refractivity (Wildman–Crippen MR) is 49.3 cm³/mol. The summed E-state index contributed by atoms with van der Waals surface area (Å²) >= 11 is 0. The molecule has 4 nitrogen and oxygen atoms in total. The van der Waals surface area contributed by atoms with Crippen LogP contribution in [-0.4, -0.2) is 20.3 Å². The number of carbonyl (C=O) groups is 1. The Hall–Kier alpha value is -1.64. The van der Waals surface area contributed by atoms with Gasteiger partial charge in [0.2, 0.25) is 6.41 Å². The lowest BCUT2D eigenvalue weighted by molar-refractivity contribution is -0.105. The SMILES string of the molecule is O=CNc1ccc(F)cc1S(=O)(=O)C(F)(F)F. The van der Waals surface area contributed by atoms with Crippen molar-refractivity contribution < 1.29 is 30.8 Å². The van der Waals surface area contributed by atoms with Gasteiger partial charge >= 0.3 is 5.51 Å². The first kappa shape index (κ1) is 13.4. The first-order valence-electron chi connectivity index (χ1n) is 4.01. The highest BCUT2D eigenvalue weighted by Crippen LogP contribution is 2.34. The average molecular weight is 271 g/mol. The molecule has 9 heteroatoms. The molecule has 0 aliphatic rings. The van der Waals surface area contributed by atoms with Gasteiger partial charge < -0.3 is 5.32 Å². The second kappa shape index (κ2) is 4.32. The molecule has 0 aromatic heterocycles. The maximum absolute atomic E-state index is 12.8. The number of nitrogens with one attached hydrogen (secondary N) is 1. The van der Waals surface area contributed by atoms with Crippen molar-refractivity contribution in [3.63, 3.8) is 0 Å². The van der Waals surface area contributed by atoms with Crippen LogP contribution in [0.4, 0.5) is 23.2 Å². The zero-order valence-electron chi connectivity index (χ0n) is 7.95. The highest BCUT2D eigenvalue weighted by molar-refractivity contribution is 7.92. The summed E-state index contributed by atoms with van der Waals surface area (Å²) in [6.07, 6.45) is -0.0113. The number of rotatable bonds is 3. The minimum absolute atomic E-state index is 0.0113. The Bertz CT molecular complexity index is 538. The van der Waals surface area contributed by atoms with Gasteiger partial charge in [0, 0.05) is 0 Å². The normalized spacial score (nSPS) is 12.2. The van der Waals surface area contributed by atoms with Crippen molar-refractivity contribution in [1.82, 2.24) is 0 Å². The summed E-state index contributed by atoms with van der Waals surface area (Å²) in [5.41, 5.74) is -6.21. The fourth-order valence-electron chi connectivity index (χ4n) is 1.03. The van der Waals surface area contributed by atoms with Crippen LogP contribution in [-0.2, 0) is 14.6 Å². The number of hydrogen-bond acceptors (Lipinski definition) is 3. The Kier molecular flexibility index (Phi) is 3.41. The van der Waals surface area contributed by atoms with E-state index in [4.69, 9.17) is 0 Å². The van der Waals surface area contributed by atoms with Gasteiger partial charge in [0.1, 0.15) is 10.7 Å². The number of anilines is 1. The molecular weight excluding hydrogens is 266 g/mol. The number of amides is 1. The van der Waals surface area contributed by atoms with E-state index >= 15 is 0 Å². The van der Waals surface area contributed by atoms with E-state index < -0.39 is 31.7 Å². The second-order valence-corrected chi connectivity index (χ2v) is 4.76. The van der Waals surface area contributed by atoms with E-state index in [-0.39, 0.29) is 12.5 Å². The van der Waals surface area contributed by atoms with E-state index in [9.17, 15) is 30.8 Å². The van der Waals surface area contributed by atoms with Gasteiger partial charge in [-0.2, -0.15) is 13.2 Å². The minimum Gasteiger partial charge on any atom is -0.328 e. The number of carbonyl (C=O) groups excluding carboxylic acids is 1. The third-order valence-corrected chi connectivity index (χ3v) is 3.28. The summed E-state index contributed by atoms with van der Waals surface area (Å²) in [7, 11) is -5.71. The van der Waals surface area contributed by atoms with Gasteiger partial charge in [-0.15, -0.1) is 0 Å². The fourth-order valence-corrected chi connectivity index (χ4v) is 1.96. The van der Waals surface area contributed by atoms with E-state index in [0.29, 0.717) is 0 Å². The molecule has 0 unspecified atom stereocenters. The van der Waals surface area contributed by atoms with Crippen LogP contribution in [0.15, 0.2) is 23.1 Å². The largest absolute Gasteiger partial charge is 0.501 e.